The summed E-state index contributed by atoms with van der Waals surface area (Å²) in [5, 5.41) is 18.2. The van der Waals surface area contributed by atoms with Gasteiger partial charge in [-0.25, -0.2) is 4.79 Å². The molecule has 10 aromatic rings. The summed E-state index contributed by atoms with van der Waals surface area (Å²) >= 11 is 0. The molecule has 0 heterocycles. The van der Waals surface area contributed by atoms with E-state index >= 15 is 0 Å². The van der Waals surface area contributed by atoms with Crippen LogP contribution < -0.4 is 21.7 Å². The predicted octanol–water partition coefficient (Wildman–Crippen LogP) is 17.7. The van der Waals surface area contributed by atoms with Crippen LogP contribution in [-0.2, 0) is 61.9 Å². The Morgan fingerprint density at radius 3 is 1.02 bits per heavy atom. The molecule has 0 fully saturated rings. The highest BCUT2D eigenvalue weighted by molar-refractivity contribution is 7.87. The molecule has 548 valence electrons. The van der Waals surface area contributed by atoms with Gasteiger partial charge in [0.05, 0.1) is 43.1 Å². The van der Waals surface area contributed by atoms with Gasteiger partial charge in [0.2, 0.25) is 11.8 Å². The van der Waals surface area contributed by atoms with Crippen molar-refractivity contribution in [1.29, 1.82) is 0 Å². The third-order valence-electron chi connectivity index (χ3n) is 18.5. The standard InChI is InChI=1S/C44H48N2O5S.C41H41NO3.C3H9NO3S/c1-29-26-30(2)41(31(3)27-29)36-18-22-39(23-19-36)46-43(48)40(28-32-8-10-37(11-9-32)42(47)45-24-25-52(49,50)51-7)35-14-12-33(13-15-35)34-16-20-38(21-17-34)44(4,5)6;1-26-23-27(2)38(28(3)24-26)33-17-21-36(22-18-33)42-39(43)37(25-29-7-9-34(10-8-29)40(44)45)32-13-11-30(12-14-32)31-15-19-35(20-16-31)41(4,5)6;1-7-8(5,6)3-2-4/h8-23,26-27,40H,24-25,28H2,1-7H3,(H,45,47)(H,46,48);7-24,37H,25H2,1-6H3,(H,42,43)(H,44,45);2-4H2,1H3/t40-;37-;/m11./s1. The van der Waals surface area contributed by atoms with Gasteiger partial charge in [-0.3, -0.25) is 22.7 Å². The summed E-state index contributed by atoms with van der Waals surface area (Å²) < 4.78 is 52.3. The first kappa shape index (κ1) is 80.5. The first-order chi connectivity index (χ1) is 49.6. The molecule has 0 unspecified atom stereocenters. The van der Waals surface area contributed by atoms with Crippen LogP contribution in [0.5, 0.6) is 0 Å². The first-order valence-electron chi connectivity index (χ1n) is 35.0. The number of carboxylic acids is 1. The van der Waals surface area contributed by atoms with E-state index in [2.05, 4.69) is 217 Å². The second-order valence-electron chi connectivity index (χ2n) is 28.7. The van der Waals surface area contributed by atoms with Crippen molar-refractivity contribution in [2.24, 2.45) is 5.73 Å². The summed E-state index contributed by atoms with van der Waals surface area (Å²) in [5.41, 5.74) is 29.6. The Balaban J connectivity index is 0.000000242. The van der Waals surface area contributed by atoms with Gasteiger partial charge in [0.15, 0.2) is 0 Å². The first-order valence-corrected chi connectivity index (χ1v) is 38.2. The zero-order chi connectivity index (χ0) is 76.6. The van der Waals surface area contributed by atoms with Crippen LogP contribution in [0.1, 0.15) is 141 Å². The number of anilines is 2. The second kappa shape index (κ2) is 35.6. The molecule has 0 aliphatic rings. The van der Waals surface area contributed by atoms with Crippen LogP contribution in [0.3, 0.4) is 0 Å². The van der Waals surface area contributed by atoms with Crippen LogP contribution in [0.4, 0.5) is 11.4 Å². The Morgan fingerprint density at radius 1 is 0.419 bits per heavy atom. The van der Waals surface area contributed by atoms with Crippen LogP contribution in [0.2, 0.25) is 0 Å². The molecule has 2 atom stereocenters. The number of rotatable bonds is 23. The zero-order valence-corrected chi connectivity index (χ0v) is 64.2. The number of hydrogen-bond acceptors (Lipinski definition) is 11. The number of carboxylic acid groups (broad SMARTS) is 1. The average Bonchev–Trinajstić information content (AvgIpc) is 0.830. The molecule has 17 heteroatoms. The third kappa shape index (κ3) is 22.7. The summed E-state index contributed by atoms with van der Waals surface area (Å²) in [5.74, 6) is -3.03. The quantitative estimate of drug-likeness (QED) is 0.0376. The highest BCUT2D eigenvalue weighted by Gasteiger charge is 2.26. The van der Waals surface area contributed by atoms with Gasteiger partial charge in [-0.1, -0.05) is 223 Å². The van der Waals surface area contributed by atoms with Gasteiger partial charge in [-0.05, 0) is 214 Å². The van der Waals surface area contributed by atoms with Crippen LogP contribution in [-0.4, -0.2) is 84.4 Å². The van der Waals surface area contributed by atoms with Crippen LogP contribution in [0.25, 0.3) is 44.5 Å². The van der Waals surface area contributed by atoms with E-state index in [-0.39, 0.29) is 52.8 Å². The lowest BCUT2D eigenvalue weighted by molar-refractivity contribution is -0.118. The minimum absolute atomic E-state index is 0.0666. The number of amides is 3. The number of nitrogens with two attached hydrogens (primary N) is 1. The third-order valence-corrected chi connectivity index (χ3v) is 20.9. The maximum atomic E-state index is 14.1. The lowest BCUT2D eigenvalue weighted by atomic mass is 9.86. The Hall–Kier alpha value is -10.1. The fourth-order valence-electron chi connectivity index (χ4n) is 12.8. The van der Waals surface area contributed by atoms with E-state index in [1.807, 2.05) is 72.8 Å². The molecule has 0 bridgehead atoms. The van der Waals surface area contributed by atoms with Gasteiger partial charge in [0.25, 0.3) is 26.1 Å². The van der Waals surface area contributed by atoms with Crippen molar-refractivity contribution in [3.05, 3.63) is 296 Å². The van der Waals surface area contributed by atoms with E-state index in [4.69, 9.17) is 5.73 Å². The predicted molar refractivity (Wildman–Crippen MR) is 426 cm³/mol. The van der Waals surface area contributed by atoms with Gasteiger partial charge < -0.3 is 26.8 Å². The van der Waals surface area contributed by atoms with Crippen molar-refractivity contribution in [2.45, 2.75) is 119 Å². The number of hydrogen-bond donors (Lipinski definition) is 5. The largest absolute Gasteiger partial charge is 0.478 e. The SMILES string of the molecule is COS(=O)(=O)CCN.COS(=O)(=O)CCNC(=O)c1ccc(C[C@@H](C(=O)Nc2ccc(-c3c(C)cc(C)cc3C)cc2)c2ccc(-c3ccc(C(C)(C)C)cc3)cc2)cc1.Cc1cc(C)c(-c2ccc(NC(=O)[C@H](Cc3ccc(C(=O)O)cc3)c3ccc(-c4ccc(C(C)(C)C)cc4)cc3)cc2)c(C)c1. The zero-order valence-electron chi connectivity index (χ0n) is 62.6. The smallest absolute Gasteiger partial charge is 0.335 e. The van der Waals surface area contributed by atoms with Crippen LogP contribution >= 0.6 is 0 Å². The normalized spacial score (nSPS) is 12.1. The molecule has 6 N–H and O–H groups in total. The van der Waals surface area contributed by atoms with Crippen molar-refractivity contribution in [1.82, 2.24) is 5.32 Å². The van der Waals surface area contributed by atoms with Gasteiger partial charge in [-0.2, -0.15) is 16.8 Å². The van der Waals surface area contributed by atoms with Crippen molar-refractivity contribution in [3.63, 3.8) is 0 Å². The molecular weight excluding hydrogens is 1350 g/mol. The summed E-state index contributed by atoms with van der Waals surface area (Å²) in [6.07, 6.45) is 0.838. The second-order valence-corrected chi connectivity index (χ2v) is 32.4. The molecule has 15 nitrogen and oxygen atoms in total. The summed E-state index contributed by atoms with van der Waals surface area (Å²) in [6.45, 7) is 26.0. The lowest BCUT2D eigenvalue weighted by Gasteiger charge is -2.20. The summed E-state index contributed by atoms with van der Waals surface area (Å²) in [7, 11) is -4.76. The minimum Gasteiger partial charge on any atom is -0.478 e. The molecule has 10 aromatic carbocycles. The number of nitrogens with one attached hydrogen (secondary N) is 3. The molecule has 0 aliphatic carbocycles. The van der Waals surface area contributed by atoms with Gasteiger partial charge in [0, 0.05) is 30.0 Å². The van der Waals surface area contributed by atoms with E-state index in [0.29, 0.717) is 24.1 Å². The fourth-order valence-corrected chi connectivity index (χ4v) is 13.8. The van der Waals surface area contributed by atoms with Crippen LogP contribution in [0.15, 0.2) is 218 Å². The molecule has 10 rings (SSSR count). The lowest BCUT2D eigenvalue weighted by Crippen LogP contribution is -2.29. The molecule has 0 saturated heterocycles. The van der Waals surface area contributed by atoms with Gasteiger partial charge >= 0.3 is 5.97 Å². The van der Waals surface area contributed by atoms with Crippen molar-refractivity contribution >= 4 is 55.3 Å². The van der Waals surface area contributed by atoms with Crippen molar-refractivity contribution < 1.29 is 49.5 Å². The maximum Gasteiger partial charge on any atom is 0.335 e. The topological polar surface area (TPSA) is 237 Å². The van der Waals surface area contributed by atoms with Gasteiger partial charge in [0.1, 0.15) is 0 Å². The Bertz CT molecular complexity index is 4830. The van der Waals surface area contributed by atoms with Crippen LogP contribution in [0, 0.1) is 41.5 Å². The van der Waals surface area contributed by atoms with E-state index in [1.165, 1.54) is 55.6 Å². The highest BCUT2D eigenvalue weighted by atomic mass is 32.2. The Kier molecular flexibility index (Phi) is 27.3. The van der Waals surface area contributed by atoms with E-state index < -0.39 is 43.9 Å². The highest BCUT2D eigenvalue weighted by Crippen LogP contribution is 2.35. The Labute approximate surface area is 621 Å². The molecule has 3 amide bonds. The average molecular weight is 1450 g/mol. The van der Waals surface area contributed by atoms with Crippen molar-refractivity contribution in [3.8, 4) is 44.5 Å². The number of carbonyl (C=O) groups is 4. The van der Waals surface area contributed by atoms with E-state index in [0.717, 1.165) is 75.5 Å². The molecule has 0 radical (unpaired) electrons. The molecular formula is C88H98N4O11S2. The fraction of sp³-hybridized carbons (Fsp3) is 0.273. The number of carbonyl (C=O) groups excluding carboxylic acids is 3. The summed E-state index contributed by atoms with van der Waals surface area (Å²) in [4.78, 5) is 52.0. The number of benzene rings is 10. The number of aryl methyl sites for hydroxylation is 6. The summed E-state index contributed by atoms with van der Waals surface area (Å²) in [6, 6.07) is 72.1. The molecule has 0 spiro atoms. The number of aromatic carboxylic acids is 1. The van der Waals surface area contributed by atoms with Crippen molar-refractivity contribution in [2.75, 3.05) is 49.4 Å². The van der Waals surface area contributed by atoms with E-state index in [9.17, 15) is 41.1 Å². The van der Waals surface area contributed by atoms with Gasteiger partial charge in [-0.15, -0.1) is 0 Å². The maximum absolute atomic E-state index is 14.1. The van der Waals surface area contributed by atoms with E-state index in [1.54, 1.807) is 36.4 Å². The molecule has 105 heavy (non-hydrogen) atoms. The Morgan fingerprint density at radius 2 is 0.724 bits per heavy atom. The monoisotopic (exact) mass is 1450 g/mol. The molecule has 0 aromatic heterocycles. The molecule has 0 saturated carbocycles. The molecule has 0 aliphatic heterocycles. The minimum atomic E-state index is -3.67.